The van der Waals surface area contributed by atoms with E-state index in [4.69, 9.17) is 0 Å². The highest BCUT2D eigenvalue weighted by molar-refractivity contribution is 6.41. The summed E-state index contributed by atoms with van der Waals surface area (Å²) in [6.45, 7) is 2.73. The fourth-order valence-electron chi connectivity index (χ4n) is 2.20. The van der Waals surface area contributed by atoms with Crippen LogP contribution in [0.3, 0.4) is 0 Å². The standard InChI is InChI=1S/C15H12N2O2/c1-2-17-9-10(8-16-17)7-13-14(18)11-5-3-4-6-12(11)15(13)19/h3-9H,2H2,1H3. The number of carbonyl (C=O) groups excluding carboxylic acids is 2. The molecule has 4 heteroatoms. The Balaban J connectivity index is 2.04. The van der Waals surface area contributed by atoms with Crippen LogP contribution in [0.4, 0.5) is 0 Å². The van der Waals surface area contributed by atoms with Crippen molar-refractivity contribution in [2.45, 2.75) is 13.5 Å². The molecule has 0 saturated carbocycles. The highest BCUT2D eigenvalue weighted by atomic mass is 16.2. The van der Waals surface area contributed by atoms with Crippen LogP contribution < -0.4 is 0 Å². The van der Waals surface area contributed by atoms with Gasteiger partial charge in [-0.15, -0.1) is 0 Å². The molecular formula is C15H12N2O2. The average Bonchev–Trinajstić information content (AvgIpc) is 2.99. The van der Waals surface area contributed by atoms with Crippen LogP contribution in [0.1, 0.15) is 33.2 Å². The summed E-state index contributed by atoms with van der Waals surface area (Å²) in [5, 5.41) is 4.13. The van der Waals surface area contributed by atoms with Gasteiger partial charge in [-0.05, 0) is 13.0 Å². The minimum atomic E-state index is -0.204. The van der Waals surface area contributed by atoms with Gasteiger partial charge in [0.25, 0.3) is 0 Å². The molecule has 19 heavy (non-hydrogen) atoms. The van der Waals surface area contributed by atoms with Crippen molar-refractivity contribution in [1.29, 1.82) is 0 Å². The SMILES string of the molecule is CCn1cc(C=C2C(=O)c3ccccc3C2=O)cn1. The first-order valence-corrected chi connectivity index (χ1v) is 6.13. The first kappa shape index (κ1) is 11.6. The molecule has 94 valence electrons. The third-order valence-corrected chi connectivity index (χ3v) is 3.19. The average molecular weight is 252 g/mol. The van der Waals surface area contributed by atoms with Gasteiger partial charge in [-0.3, -0.25) is 14.3 Å². The van der Waals surface area contributed by atoms with Crippen molar-refractivity contribution in [1.82, 2.24) is 9.78 Å². The van der Waals surface area contributed by atoms with E-state index < -0.39 is 0 Å². The Labute approximate surface area is 110 Å². The van der Waals surface area contributed by atoms with Crippen LogP contribution >= 0.6 is 0 Å². The highest BCUT2D eigenvalue weighted by Crippen LogP contribution is 2.27. The van der Waals surface area contributed by atoms with Crippen LogP contribution in [0.15, 0.2) is 42.2 Å². The maximum absolute atomic E-state index is 12.2. The monoisotopic (exact) mass is 252 g/mol. The van der Waals surface area contributed by atoms with E-state index in [1.165, 1.54) is 0 Å². The number of rotatable bonds is 2. The zero-order valence-corrected chi connectivity index (χ0v) is 10.5. The largest absolute Gasteiger partial charge is 0.288 e. The fourth-order valence-corrected chi connectivity index (χ4v) is 2.20. The van der Waals surface area contributed by atoms with Gasteiger partial charge in [-0.25, -0.2) is 0 Å². The Bertz CT molecular complexity index is 673. The number of aromatic nitrogens is 2. The van der Waals surface area contributed by atoms with Gasteiger partial charge in [0, 0.05) is 29.4 Å². The van der Waals surface area contributed by atoms with Crippen molar-refractivity contribution in [3.8, 4) is 0 Å². The lowest BCUT2D eigenvalue weighted by Crippen LogP contribution is -1.99. The molecule has 0 N–H and O–H groups in total. The first-order valence-electron chi connectivity index (χ1n) is 6.13. The predicted octanol–water partition coefficient (Wildman–Crippen LogP) is 2.37. The van der Waals surface area contributed by atoms with Crippen molar-refractivity contribution < 1.29 is 9.59 Å². The Kier molecular flexibility index (Phi) is 2.63. The van der Waals surface area contributed by atoms with Crippen LogP contribution in [0.5, 0.6) is 0 Å². The lowest BCUT2D eigenvalue weighted by Gasteiger charge is -1.92. The Morgan fingerprint density at radius 2 is 1.79 bits per heavy atom. The number of hydrogen-bond acceptors (Lipinski definition) is 3. The predicted molar refractivity (Wildman–Crippen MR) is 71.0 cm³/mol. The van der Waals surface area contributed by atoms with Crippen LogP contribution in [-0.2, 0) is 6.54 Å². The molecule has 0 unspecified atom stereocenters. The van der Waals surface area contributed by atoms with Crippen LogP contribution in [0.25, 0.3) is 6.08 Å². The molecule has 0 aliphatic heterocycles. The summed E-state index contributed by atoms with van der Waals surface area (Å²) in [6.07, 6.45) is 5.08. The van der Waals surface area contributed by atoms with E-state index in [9.17, 15) is 9.59 Å². The zero-order chi connectivity index (χ0) is 13.4. The van der Waals surface area contributed by atoms with Crippen LogP contribution in [0.2, 0.25) is 0 Å². The second-order valence-corrected chi connectivity index (χ2v) is 4.39. The number of aryl methyl sites for hydroxylation is 1. The quantitative estimate of drug-likeness (QED) is 0.609. The molecule has 1 aliphatic carbocycles. The van der Waals surface area contributed by atoms with Crippen molar-refractivity contribution in [2.24, 2.45) is 0 Å². The third kappa shape index (κ3) is 1.81. The summed E-state index contributed by atoms with van der Waals surface area (Å²) < 4.78 is 1.75. The number of benzene rings is 1. The summed E-state index contributed by atoms with van der Waals surface area (Å²) in [6, 6.07) is 6.90. The normalized spacial score (nSPS) is 13.8. The van der Waals surface area contributed by atoms with Gasteiger partial charge in [0.15, 0.2) is 11.6 Å². The number of hydrogen-bond donors (Lipinski definition) is 0. The summed E-state index contributed by atoms with van der Waals surface area (Å²) in [5.74, 6) is -0.408. The number of Topliss-reactive ketones (excluding diaryl/α,β-unsaturated/α-hetero) is 2. The lowest BCUT2D eigenvalue weighted by molar-refractivity contribution is 0.0990. The Hall–Kier alpha value is -2.49. The molecule has 0 saturated heterocycles. The van der Waals surface area contributed by atoms with E-state index >= 15 is 0 Å². The van der Waals surface area contributed by atoms with Gasteiger partial charge in [-0.1, -0.05) is 24.3 Å². The minimum absolute atomic E-state index is 0.204. The molecular weight excluding hydrogens is 240 g/mol. The van der Waals surface area contributed by atoms with Crippen LogP contribution in [-0.4, -0.2) is 21.3 Å². The van der Waals surface area contributed by atoms with E-state index in [-0.39, 0.29) is 17.1 Å². The summed E-state index contributed by atoms with van der Waals surface area (Å²) in [7, 11) is 0. The lowest BCUT2D eigenvalue weighted by atomic mass is 10.1. The molecule has 0 bridgehead atoms. The maximum Gasteiger partial charge on any atom is 0.197 e. The van der Waals surface area contributed by atoms with E-state index in [0.29, 0.717) is 11.1 Å². The van der Waals surface area contributed by atoms with Gasteiger partial charge in [0.2, 0.25) is 0 Å². The van der Waals surface area contributed by atoms with Crippen molar-refractivity contribution in [3.05, 3.63) is 58.9 Å². The number of nitrogens with zero attached hydrogens (tertiary/aromatic N) is 2. The van der Waals surface area contributed by atoms with Gasteiger partial charge >= 0.3 is 0 Å². The van der Waals surface area contributed by atoms with Gasteiger partial charge in [-0.2, -0.15) is 5.10 Å². The maximum atomic E-state index is 12.2. The minimum Gasteiger partial charge on any atom is -0.288 e. The Morgan fingerprint density at radius 3 is 2.32 bits per heavy atom. The molecule has 1 aromatic carbocycles. The third-order valence-electron chi connectivity index (χ3n) is 3.19. The van der Waals surface area contributed by atoms with E-state index in [1.807, 2.05) is 13.1 Å². The molecule has 0 radical (unpaired) electrons. The van der Waals surface area contributed by atoms with Crippen LogP contribution in [0, 0.1) is 0 Å². The fraction of sp³-hybridized carbons (Fsp3) is 0.133. The molecule has 1 aliphatic rings. The van der Waals surface area contributed by atoms with E-state index in [1.54, 1.807) is 41.2 Å². The molecule has 0 fully saturated rings. The van der Waals surface area contributed by atoms with Crippen molar-refractivity contribution in [3.63, 3.8) is 0 Å². The van der Waals surface area contributed by atoms with Crippen molar-refractivity contribution >= 4 is 17.6 Å². The zero-order valence-electron chi connectivity index (χ0n) is 10.5. The van der Waals surface area contributed by atoms with E-state index in [2.05, 4.69) is 5.10 Å². The molecule has 3 rings (SSSR count). The molecule has 0 amide bonds. The number of allylic oxidation sites excluding steroid dienone is 1. The van der Waals surface area contributed by atoms with Crippen molar-refractivity contribution in [2.75, 3.05) is 0 Å². The van der Waals surface area contributed by atoms with Gasteiger partial charge < -0.3 is 0 Å². The Morgan fingerprint density at radius 1 is 1.16 bits per heavy atom. The summed E-state index contributed by atoms with van der Waals surface area (Å²) in [4.78, 5) is 24.3. The number of fused-ring (bicyclic) bond motifs is 1. The summed E-state index contributed by atoms with van der Waals surface area (Å²) in [5.41, 5.74) is 1.96. The molecule has 2 aromatic rings. The smallest absolute Gasteiger partial charge is 0.197 e. The van der Waals surface area contributed by atoms with Gasteiger partial charge in [0.1, 0.15) is 0 Å². The topological polar surface area (TPSA) is 52.0 Å². The van der Waals surface area contributed by atoms with E-state index in [0.717, 1.165) is 12.1 Å². The molecule has 4 nitrogen and oxygen atoms in total. The number of carbonyl (C=O) groups is 2. The second kappa shape index (κ2) is 4.31. The molecule has 1 heterocycles. The molecule has 0 atom stereocenters. The number of ketones is 2. The highest BCUT2D eigenvalue weighted by Gasteiger charge is 2.32. The first-order chi connectivity index (χ1) is 9.20. The van der Waals surface area contributed by atoms with Gasteiger partial charge in [0.05, 0.1) is 11.8 Å². The second-order valence-electron chi connectivity index (χ2n) is 4.39. The molecule has 1 aromatic heterocycles. The summed E-state index contributed by atoms with van der Waals surface area (Å²) >= 11 is 0. The molecule has 0 spiro atoms.